The number of hydrogen-bond donors (Lipinski definition) is 2. The molecule has 2 unspecified atom stereocenters. The molecule has 7 heteroatoms. The molecule has 0 amide bonds. The molecule has 0 bridgehead atoms. The monoisotopic (exact) mass is 555 g/mol. The summed E-state index contributed by atoms with van der Waals surface area (Å²) in [5.74, 6) is -0.360. The lowest BCUT2D eigenvalue weighted by Gasteiger charge is -2.17. The van der Waals surface area contributed by atoms with Gasteiger partial charge < -0.3 is 15.2 Å². The van der Waals surface area contributed by atoms with Gasteiger partial charge in [0.05, 0.1) is 11.2 Å². The molecule has 1 heterocycles. The summed E-state index contributed by atoms with van der Waals surface area (Å²) in [4.78, 5) is 0. The molecule has 1 aromatic heterocycles. The van der Waals surface area contributed by atoms with E-state index in [1.807, 2.05) is 31.3 Å². The number of alkyl halides is 2. The molecule has 3 nitrogen and oxygen atoms in total. The number of rotatable bonds is 7. The largest absolute Gasteiger partial charge is 0.359 e. The van der Waals surface area contributed by atoms with Crippen LogP contribution in [0.5, 0.6) is 0 Å². The first-order chi connectivity index (χ1) is 17.1. The van der Waals surface area contributed by atoms with Crippen LogP contribution < -0.4 is 10.6 Å². The Bertz CT molecular complexity index is 1500. The second kappa shape index (κ2) is 9.39. The van der Waals surface area contributed by atoms with Crippen molar-refractivity contribution in [1.82, 2.24) is 4.57 Å². The zero-order valence-corrected chi connectivity index (χ0v) is 22.9. The summed E-state index contributed by atoms with van der Waals surface area (Å²) in [6.07, 6.45) is 2.05. The summed E-state index contributed by atoms with van der Waals surface area (Å²) in [5.41, 5.74) is 7.52. The van der Waals surface area contributed by atoms with Gasteiger partial charge in [0.25, 0.3) is 0 Å². The maximum Gasteiger partial charge on any atom is 0.134 e. The molecule has 1 aliphatic rings. The quantitative estimate of drug-likeness (QED) is 0.222. The molecule has 0 radical (unpaired) electrons. The van der Waals surface area contributed by atoms with Gasteiger partial charge in [-0.05, 0) is 60.5 Å². The molecule has 184 valence electrons. The predicted octanol–water partition coefficient (Wildman–Crippen LogP) is 9.39. The third-order valence-electron chi connectivity index (χ3n) is 6.72. The van der Waals surface area contributed by atoms with E-state index in [4.69, 9.17) is 46.4 Å². The molecule has 1 aliphatic carbocycles. The summed E-state index contributed by atoms with van der Waals surface area (Å²) < 4.78 is 1.11. The number of fused-ring (bicyclic) bond motifs is 1. The van der Waals surface area contributed by atoms with Crippen molar-refractivity contribution in [2.24, 2.45) is 13.0 Å². The molecular weight excluding hydrogens is 532 g/mol. The van der Waals surface area contributed by atoms with E-state index >= 15 is 0 Å². The fraction of sp³-hybridized carbons (Fsp3) is 0.172. The Hall–Kier alpha value is -2.56. The number of para-hydroxylation sites is 1. The Morgan fingerprint density at radius 1 is 0.944 bits per heavy atom. The molecule has 0 aliphatic heterocycles. The molecule has 2 atom stereocenters. The van der Waals surface area contributed by atoms with Gasteiger partial charge in [-0.3, -0.25) is 0 Å². The van der Waals surface area contributed by atoms with Crippen molar-refractivity contribution >= 4 is 74.4 Å². The van der Waals surface area contributed by atoms with Crippen LogP contribution >= 0.6 is 46.4 Å². The number of aromatic nitrogens is 1. The molecule has 5 rings (SSSR count). The Morgan fingerprint density at radius 2 is 1.67 bits per heavy atom. The number of aryl methyl sites for hydroxylation is 2. The lowest BCUT2D eigenvalue weighted by molar-refractivity contribution is 0.947. The molecule has 0 saturated heterocycles. The zero-order valence-electron chi connectivity index (χ0n) is 19.9. The minimum atomic E-state index is -0.996. The van der Waals surface area contributed by atoms with E-state index < -0.39 is 4.33 Å². The van der Waals surface area contributed by atoms with Crippen molar-refractivity contribution in [2.45, 2.75) is 17.2 Å². The van der Waals surface area contributed by atoms with Crippen molar-refractivity contribution in [3.05, 3.63) is 112 Å². The Balaban J connectivity index is 1.36. The van der Waals surface area contributed by atoms with Gasteiger partial charge in [-0.25, -0.2) is 0 Å². The number of halogens is 4. The van der Waals surface area contributed by atoms with Gasteiger partial charge in [-0.2, -0.15) is 0 Å². The van der Waals surface area contributed by atoms with E-state index in [9.17, 15) is 0 Å². The second-order valence-corrected chi connectivity index (χ2v) is 11.6. The highest BCUT2D eigenvalue weighted by atomic mass is 35.5. The number of benzene rings is 3. The molecule has 1 fully saturated rings. The van der Waals surface area contributed by atoms with Crippen LogP contribution in [-0.4, -0.2) is 8.90 Å². The first-order valence-electron chi connectivity index (χ1n) is 11.5. The van der Waals surface area contributed by atoms with E-state index in [1.54, 1.807) is 6.07 Å². The number of nitrogens with zero attached hydrogens (tertiary/aromatic N) is 1. The number of anilines is 2. The van der Waals surface area contributed by atoms with Crippen LogP contribution in [0.1, 0.15) is 22.6 Å². The normalized spacial score (nSPS) is 18.2. The summed E-state index contributed by atoms with van der Waals surface area (Å²) in [6, 6.07) is 19.8. The smallest absolute Gasteiger partial charge is 0.134 e. The maximum absolute atomic E-state index is 6.67. The summed E-state index contributed by atoms with van der Waals surface area (Å²) in [6.45, 7) is 10.6. The Labute approximate surface area is 231 Å². The van der Waals surface area contributed by atoms with Gasteiger partial charge in [-0.15, -0.1) is 23.2 Å². The lowest BCUT2D eigenvalue weighted by atomic mass is 10.0. The van der Waals surface area contributed by atoms with E-state index in [-0.39, 0.29) is 11.8 Å². The van der Waals surface area contributed by atoms with Crippen LogP contribution in [0.4, 0.5) is 11.4 Å². The van der Waals surface area contributed by atoms with E-state index in [1.165, 1.54) is 5.39 Å². The zero-order chi connectivity index (χ0) is 25.8. The standard InChI is InChI=1S/C29H25Cl4N3/c1-16-8-9-23(15-24(16)17(2)35-25-7-5-6-19-10-11-36(4)28(19)25)34-18(3)26-27(29(26,32)33)20-12-21(30)14-22(31)13-20/h5-15,26-27,34-35H,2-3H2,1,4H3. The van der Waals surface area contributed by atoms with Gasteiger partial charge in [-0.1, -0.05) is 54.6 Å². The van der Waals surface area contributed by atoms with E-state index in [2.05, 4.69) is 71.8 Å². The first kappa shape index (κ1) is 25.1. The fourth-order valence-corrected chi connectivity index (χ4v) is 6.34. The molecule has 0 spiro atoms. The van der Waals surface area contributed by atoms with Crippen molar-refractivity contribution in [3.63, 3.8) is 0 Å². The fourth-order valence-electron chi connectivity index (χ4n) is 4.90. The first-order valence-corrected chi connectivity index (χ1v) is 13.0. The van der Waals surface area contributed by atoms with E-state index in [0.717, 1.165) is 45.0 Å². The number of allylic oxidation sites excluding steroid dienone is 1. The van der Waals surface area contributed by atoms with Crippen molar-refractivity contribution in [2.75, 3.05) is 10.6 Å². The predicted molar refractivity (Wildman–Crippen MR) is 157 cm³/mol. The Morgan fingerprint density at radius 3 is 2.39 bits per heavy atom. The highest BCUT2D eigenvalue weighted by molar-refractivity contribution is 6.52. The van der Waals surface area contributed by atoms with Gasteiger partial charge >= 0.3 is 0 Å². The molecular formula is C29H25Cl4N3. The van der Waals surface area contributed by atoms with Crippen LogP contribution in [0.3, 0.4) is 0 Å². The highest BCUT2D eigenvalue weighted by Gasteiger charge is 2.65. The molecule has 36 heavy (non-hydrogen) atoms. The van der Waals surface area contributed by atoms with Gasteiger partial charge in [0.1, 0.15) is 4.33 Å². The molecule has 2 N–H and O–H groups in total. The average Bonchev–Trinajstić information content (AvgIpc) is 3.19. The molecule has 3 aromatic carbocycles. The average molecular weight is 557 g/mol. The number of nitrogens with one attached hydrogen (secondary N) is 2. The third kappa shape index (κ3) is 4.62. The summed E-state index contributed by atoms with van der Waals surface area (Å²) >= 11 is 25.8. The Kier molecular flexibility index (Phi) is 6.55. The minimum Gasteiger partial charge on any atom is -0.359 e. The van der Waals surface area contributed by atoms with Gasteiger partial charge in [0.2, 0.25) is 0 Å². The van der Waals surface area contributed by atoms with Crippen molar-refractivity contribution in [3.8, 4) is 0 Å². The highest BCUT2D eigenvalue weighted by Crippen LogP contribution is 2.67. The van der Waals surface area contributed by atoms with E-state index in [0.29, 0.717) is 10.0 Å². The molecule has 1 saturated carbocycles. The minimum absolute atomic E-state index is 0.163. The van der Waals surface area contributed by atoms with Crippen LogP contribution in [0.25, 0.3) is 16.6 Å². The topological polar surface area (TPSA) is 29.0 Å². The van der Waals surface area contributed by atoms with Crippen LogP contribution in [-0.2, 0) is 7.05 Å². The van der Waals surface area contributed by atoms with Crippen molar-refractivity contribution in [1.29, 1.82) is 0 Å². The van der Waals surface area contributed by atoms with Crippen LogP contribution in [0.2, 0.25) is 10.0 Å². The summed E-state index contributed by atoms with van der Waals surface area (Å²) in [7, 11) is 2.04. The SMILES string of the molecule is C=C(Nc1cccc2ccn(C)c12)c1cc(NC(=C)C2C(c3cc(Cl)cc(Cl)c3)C2(Cl)Cl)ccc1C. The molecule has 4 aromatic rings. The summed E-state index contributed by atoms with van der Waals surface area (Å²) in [5, 5.41) is 9.18. The van der Waals surface area contributed by atoms with Crippen LogP contribution in [0.15, 0.2) is 85.7 Å². The van der Waals surface area contributed by atoms with Gasteiger partial charge in [0.15, 0.2) is 0 Å². The van der Waals surface area contributed by atoms with Crippen molar-refractivity contribution < 1.29 is 0 Å². The van der Waals surface area contributed by atoms with Gasteiger partial charge in [0, 0.05) is 63.2 Å². The third-order valence-corrected chi connectivity index (χ3v) is 8.10. The second-order valence-electron chi connectivity index (χ2n) is 9.29. The lowest BCUT2D eigenvalue weighted by Crippen LogP contribution is -2.06. The number of hydrogen-bond acceptors (Lipinski definition) is 2. The van der Waals surface area contributed by atoms with Crippen LogP contribution in [0, 0.1) is 12.8 Å². The maximum atomic E-state index is 6.67.